The molecule has 2 aromatic rings. The Morgan fingerprint density at radius 3 is 2.52 bits per heavy atom. The van der Waals surface area contributed by atoms with Gasteiger partial charge in [-0.3, -0.25) is 4.98 Å². The van der Waals surface area contributed by atoms with Gasteiger partial charge in [0.1, 0.15) is 0 Å². The molecule has 1 heterocycles. The second kappa shape index (κ2) is 7.25. The standard InChI is InChI=1S/C23H30ClN3/c1-14-13-27-21-12-19(24)3-4-20(21)22(14)25-5-2-6-26-23-17-8-15-7-16(10-17)11-18(23)9-15/h3-4,12-13,15-18,23,26H,2,5-11H2,1H3,(H,25,27). The molecule has 1 aromatic carbocycles. The van der Waals surface area contributed by atoms with Gasteiger partial charge in [-0.1, -0.05) is 11.6 Å². The molecule has 0 spiro atoms. The molecule has 4 saturated carbocycles. The first-order valence-electron chi connectivity index (χ1n) is 10.7. The van der Waals surface area contributed by atoms with E-state index in [0.29, 0.717) is 0 Å². The molecule has 0 aliphatic heterocycles. The van der Waals surface area contributed by atoms with Gasteiger partial charge in [0.25, 0.3) is 0 Å². The van der Waals surface area contributed by atoms with Gasteiger partial charge in [0.2, 0.25) is 0 Å². The molecule has 3 nitrogen and oxygen atoms in total. The highest BCUT2D eigenvalue weighted by Crippen LogP contribution is 2.53. The van der Waals surface area contributed by atoms with E-state index in [1.165, 1.54) is 43.4 Å². The monoisotopic (exact) mass is 383 g/mol. The Morgan fingerprint density at radius 1 is 1.04 bits per heavy atom. The summed E-state index contributed by atoms with van der Waals surface area (Å²) in [6, 6.07) is 6.76. The summed E-state index contributed by atoms with van der Waals surface area (Å²) in [5, 5.41) is 9.50. The Hall–Kier alpha value is -1.32. The molecule has 6 rings (SSSR count). The van der Waals surface area contributed by atoms with Crippen LogP contribution in [0.3, 0.4) is 0 Å². The predicted octanol–water partition coefficient (Wildman–Crippen LogP) is 5.41. The number of hydrogen-bond acceptors (Lipinski definition) is 3. The minimum Gasteiger partial charge on any atom is -0.384 e. The van der Waals surface area contributed by atoms with Gasteiger partial charge < -0.3 is 10.6 Å². The van der Waals surface area contributed by atoms with Crippen LogP contribution < -0.4 is 10.6 Å². The first kappa shape index (κ1) is 17.8. The van der Waals surface area contributed by atoms with Crippen molar-refractivity contribution in [2.75, 3.05) is 18.4 Å². The highest BCUT2D eigenvalue weighted by molar-refractivity contribution is 6.31. The number of rotatable bonds is 6. The van der Waals surface area contributed by atoms with Crippen LogP contribution in [0.15, 0.2) is 24.4 Å². The number of hydrogen-bond donors (Lipinski definition) is 2. The minimum atomic E-state index is 0.740. The van der Waals surface area contributed by atoms with Gasteiger partial charge >= 0.3 is 0 Å². The van der Waals surface area contributed by atoms with Crippen LogP contribution in [0.25, 0.3) is 10.9 Å². The number of halogens is 1. The average Bonchev–Trinajstić information content (AvgIpc) is 2.64. The van der Waals surface area contributed by atoms with Crippen molar-refractivity contribution >= 4 is 28.2 Å². The second-order valence-electron chi connectivity index (χ2n) is 9.17. The minimum absolute atomic E-state index is 0.740. The van der Waals surface area contributed by atoms with E-state index < -0.39 is 0 Å². The van der Waals surface area contributed by atoms with E-state index in [4.69, 9.17) is 11.6 Å². The van der Waals surface area contributed by atoms with Crippen molar-refractivity contribution in [1.29, 1.82) is 0 Å². The maximum atomic E-state index is 6.11. The lowest BCUT2D eigenvalue weighted by atomic mass is 9.54. The number of aryl methyl sites for hydroxylation is 1. The number of anilines is 1. The molecule has 0 atom stereocenters. The van der Waals surface area contributed by atoms with Crippen molar-refractivity contribution in [3.8, 4) is 0 Å². The first-order valence-corrected chi connectivity index (χ1v) is 11.1. The number of pyridine rings is 1. The molecular weight excluding hydrogens is 354 g/mol. The second-order valence-corrected chi connectivity index (χ2v) is 9.61. The summed E-state index contributed by atoms with van der Waals surface area (Å²) in [4.78, 5) is 4.51. The van der Waals surface area contributed by atoms with Crippen molar-refractivity contribution in [1.82, 2.24) is 10.3 Å². The van der Waals surface area contributed by atoms with Gasteiger partial charge in [-0.15, -0.1) is 0 Å². The zero-order chi connectivity index (χ0) is 18.4. The molecule has 27 heavy (non-hydrogen) atoms. The van der Waals surface area contributed by atoms with E-state index in [1.54, 1.807) is 0 Å². The van der Waals surface area contributed by atoms with Crippen molar-refractivity contribution in [3.63, 3.8) is 0 Å². The van der Waals surface area contributed by atoms with Crippen LogP contribution in [-0.4, -0.2) is 24.1 Å². The Bertz CT molecular complexity index is 806. The fourth-order valence-electron chi connectivity index (χ4n) is 6.33. The summed E-state index contributed by atoms with van der Waals surface area (Å²) in [6.07, 6.45) is 10.6. The maximum Gasteiger partial charge on any atom is 0.0737 e. The number of nitrogens with one attached hydrogen (secondary N) is 2. The smallest absolute Gasteiger partial charge is 0.0737 e. The lowest BCUT2D eigenvalue weighted by molar-refractivity contribution is -0.0134. The molecule has 4 aliphatic carbocycles. The highest BCUT2D eigenvalue weighted by Gasteiger charge is 2.47. The summed E-state index contributed by atoms with van der Waals surface area (Å²) in [7, 11) is 0. The van der Waals surface area contributed by atoms with Crippen LogP contribution in [0.1, 0.15) is 44.1 Å². The van der Waals surface area contributed by atoms with Crippen molar-refractivity contribution in [3.05, 3.63) is 35.0 Å². The fourth-order valence-corrected chi connectivity index (χ4v) is 6.50. The topological polar surface area (TPSA) is 37.0 Å². The number of benzene rings is 1. The predicted molar refractivity (Wildman–Crippen MR) is 113 cm³/mol. The van der Waals surface area contributed by atoms with Gasteiger partial charge in [-0.05, 0) is 99.4 Å². The molecule has 2 N–H and O–H groups in total. The van der Waals surface area contributed by atoms with Crippen LogP contribution in [0.2, 0.25) is 5.02 Å². The third-order valence-corrected chi connectivity index (χ3v) is 7.52. The van der Waals surface area contributed by atoms with Crippen LogP contribution in [0.4, 0.5) is 5.69 Å². The summed E-state index contributed by atoms with van der Waals surface area (Å²) < 4.78 is 0. The Kier molecular flexibility index (Phi) is 4.77. The van der Waals surface area contributed by atoms with Crippen LogP contribution in [-0.2, 0) is 0 Å². The summed E-state index contributed by atoms with van der Waals surface area (Å²) in [5.74, 6) is 4.04. The quantitative estimate of drug-likeness (QED) is 0.654. The molecule has 4 fully saturated rings. The molecule has 0 saturated heterocycles. The molecule has 144 valence electrons. The van der Waals surface area contributed by atoms with Gasteiger partial charge in [-0.25, -0.2) is 0 Å². The van der Waals surface area contributed by atoms with Crippen LogP contribution >= 0.6 is 11.6 Å². The van der Waals surface area contributed by atoms with Gasteiger partial charge in [-0.2, -0.15) is 0 Å². The SMILES string of the molecule is Cc1cnc2cc(Cl)ccc2c1NCCCNC1C2CC3CC(C2)CC1C3. The largest absolute Gasteiger partial charge is 0.384 e. The molecule has 4 heteroatoms. The van der Waals surface area contributed by atoms with Gasteiger partial charge in [0, 0.05) is 34.9 Å². The maximum absolute atomic E-state index is 6.11. The fraction of sp³-hybridized carbons (Fsp3) is 0.609. The Labute approximate surface area is 167 Å². The third kappa shape index (κ3) is 3.45. The number of aromatic nitrogens is 1. The molecule has 0 unspecified atom stereocenters. The molecule has 4 aliphatic rings. The lowest BCUT2D eigenvalue weighted by Crippen LogP contribution is -2.54. The van der Waals surface area contributed by atoms with Gasteiger partial charge in [0.15, 0.2) is 0 Å². The lowest BCUT2D eigenvalue weighted by Gasteiger charge is -2.54. The Balaban J connectivity index is 1.16. The first-order chi connectivity index (χ1) is 13.2. The van der Waals surface area contributed by atoms with E-state index in [0.717, 1.165) is 65.1 Å². The van der Waals surface area contributed by atoms with E-state index in [2.05, 4.69) is 28.6 Å². The zero-order valence-electron chi connectivity index (χ0n) is 16.2. The molecule has 0 amide bonds. The van der Waals surface area contributed by atoms with Crippen molar-refractivity contribution < 1.29 is 0 Å². The van der Waals surface area contributed by atoms with Crippen molar-refractivity contribution in [2.24, 2.45) is 23.7 Å². The highest BCUT2D eigenvalue weighted by atomic mass is 35.5. The van der Waals surface area contributed by atoms with Crippen molar-refractivity contribution in [2.45, 2.75) is 51.5 Å². The molecule has 0 radical (unpaired) electrons. The number of nitrogens with zero attached hydrogens (tertiary/aromatic N) is 1. The van der Waals surface area contributed by atoms with Crippen LogP contribution in [0, 0.1) is 30.6 Å². The summed E-state index contributed by atoms with van der Waals surface area (Å²) >= 11 is 6.11. The zero-order valence-corrected chi connectivity index (χ0v) is 16.9. The summed E-state index contributed by atoms with van der Waals surface area (Å²) in [5.41, 5.74) is 3.35. The molecule has 4 bridgehead atoms. The van der Waals surface area contributed by atoms with E-state index in [9.17, 15) is 0 Å². The van der Waals surface area contributed by atoms with E-state index in [-0.39, 0.29) is 0 Å². The average molecular weight is 384 g/mol. The normalized spacial score (nSPS) is 31.6. The van der Waals surface area contributed by atoms with Gasteiger partial charge in [0.05, 0.1) is 5.52 Å². The van der Waals surface area contributed by atoms with E-state index in [1.807, 2.05) is 18.3 Å². The molecular formula is C23H30ClN3. The van der Waals surface area contributed by atoms with E-state index >= 15 is 0 Å². The third-order valence-electron chi connectivity index (χ3n) is 7.28. The molecule has 1 aromatic heterocycles. The summed E-state index contributed by atoms with van der Waals surface area (Å²) in [6.45, 7) is 4.23. The van der Waals surface area contributed by atoms with Crippen LogP contribution in [0.5, 0.6) is 0 Å². The Morgan fingerprint density at radius 2 is 1.78 bits per heavy atom. The number of fused-ring (bicyclic) bond motifs is 1.